The summed E-state index contributed by atoms with van der Waals surface area (Å²) in [6.07, 6.45) is 6.11. The second-order valence-corrected chi connectivity index (χ2v) is 10.6. The third-order valence-electron chi connectivity index (χ3n) is 7.57. The van der Waals surface area contributed by atoms with Crippen molar-refractivity contribution in [2.24, 2.45) is 0 Å². The normalized spacial score (nSPS) is 15.6. The van der Waals surface area contributed by atoms with Crippen LogP contribution in [0.5, 0.6) is 11.5 Å². The number of aromatic nitrogens is 1. The lowest BCUT2D eigenvalue weighted by Crippen LogP contribution is -2.53. The molecule has 0 unspecified atom stereocenters. The van der Waals surface area contributed by atoms with Gasteiger partial charge in [-0.3, -0.25) is 9.69 Å². The lowest BCUT2D eigenvalue weighted by Gasteiger charge is -2.40. The zero-order valence-electron chi connectivity index (χ0n) is 24.2. The average molecular weight is 535 g/mol. The van der Waals surface area contributed by atoms with Crippen LogP contribution in [0.3, 0.4) is 0 Å². The van der Waals surface area contributed by atoms with Crippen molar-refractivity contribution in [3.05, 3.63) is 53.7 Å². The van der Waals surface area contributed by atoms with E-state index in [2.05, 4.69) is 26.8 Å². The molecule has 0 aliphatic carbocycles. The van der Waals surface area contributed by atoms with Crippen LogP contribution in [0.2, 0.25) is 0 Å². The van der Waals surface area contributed by atoms with E-state index in [0.717, 1.165) is 53.4 Å². The Kier molecular flexibility index (Phi) is 9.04. The maximum atomic E-state index is 13.9. The van der Waals surface area contributed by atoms with Gasteiger partial charge in [-0.05, 0) is 56.0 Å². The molecule has 1 atom stereocenters. The van der Waals surface area contributed by atoms with Gasteiger partial charge in [0.15, 0.2) is 11.5 Å². The van der Waals surface area contributed by atoms with Gasteiger partial charge in [0.1, 0.15) is 6.54 Å². The fourth-order valence-electron chi connectivity index (χ4n) is 5.24. The van der Waals surface area contributed by atoms with Crippen molar-refractivity contribution in [2.45, 2.75) is 65.6 Å². The molecule has 1 aliphatic rings. The van der Waals surface area contributed by atoms with Crippen molar-refractivity contribution < 1.29 is 19.1 Å². The summed E-state index contributed by atoms with van der Waals surface area (Å²) >= 11 is 0. The molecule has 3 amide bonds. The second-order valence-electron chi connectivity index (χ2n) is 10.6. The van der Waals surface area contributed by atoms with Gasteiger partial charge in [0.05, 0.1) is 13.7 Å². The molecule has 0 bridgehead atoms. The van der Waals surface area contributed by atoms with Gasteiger partial charge in [-0.2, -0.15) is 0 Å². The summed E-state index contributed by atoms with van der Waals surface area (Å²) in [5, 5.41) is 1.10. The molecule has 2 heterocycles. The number of hydrogen-bond donors (Lipinski definition) is 0. The largest absolute Gasteiger partial charge is 0.493 e. The van der Waals surface area contributed by atoms with Crippen LogP contribution >= 0.6 is 0 Å². The lowest BCUT2D eigenvalue weighted by molar-refractivity contribution is -0.129. The number of anilines is 1. The van der Waals surface area contributed by atoms with E-state index in [0.29, 0.717) is 31.2 Å². The van der Waals surface area contributed by atoms with Crippen molar-refractivity contribution in [1.29, 1.82) is 0 Å². The number of nitrogens with zero attached hydrogens (tertiary/aromatic N) is 4. The van der Waals surface area contributed by atoms with E-state index in [9.17, 15) is 9.59 Å². The lowest BCUT2D eigenvalue weighted by atomic mass is 10.0. The number of ether oxygens (including phenoxy) is 2. The Hall–Kier alpha value is -3.68. The van der Waals surface area contributed by atoms with Crippen molar-refractivity contribution in [3.63, 3.8) is 0 Å². The molecule has 8 nitrogen and oxygen atoms in total. The number of fused-ring (bicyclic) bond motifs is 1. The number of hydrogen-bond acceptors (Lipinski definition) is 4. The van der Waals surface area contributed by atoms with Gasteiger partial charge in [-0.1, -0.05) is 31.9 Å². The molecule has 2 aromatic carbocycles. The summed E-state index contributed by atoms with van der Waals surface area (Å²) in [5.74, 6) is 1.38. The number of aryl methyl sites for hydroxylation is 1. The van der Waals surface area contributed by atoms with E-state index < -0.39 is 0 Å². The Labute approximate surface area is 232 Å². The molecular formula is C31H42N4O4. The molecule has 1 aliphatic heterocycles. The summed E-state index contributed by atoms with van der Waals surface area (Å²) in [6, 6.07) is 11.9. The quantitative estimate of drug-likeness (QED) is 0.290. The van der Waals surface area contributed by atoms with Gasteiger partial charge >= 0.3 is 6.03 Å². The van der Waals surface area contributed by atoms with Gasteiger partial charge in [-0.15, -0.1) is 0 Å². The first-order valence-corrected chi connectivity index (χ1v) is 13.9. The van der Waals surface area contributed by atoms with E-state index >= 15 is 0 Å². The highest BCUT2D eigenvalue weighted by molar-refractivity contribution is 5.94. The Morgan fingerprint density at radius 2 is 1.92 bits per heavy atom. The smallest absolute Gasteiger partial charge is 0.325 e. The standard InChI is InChI=1S/C31H42N4O4/c1-7-8-9-17-39-28-18-25(13-14-27(28)38-6)34-16-15-23(3)35(31(34)37)20-24-11-10-12-26-30(24)22(2)19-33(26)21-29(36)32(4)5/h10-14,18-19,23H,7-9,15-17,20-21H2,1-6H3/t23-/m0/s1. The molecular weight excluding hydrogens is 492 g/mol. The molecule has 1 aromatic heterocycles. The zero-order chi connectivity index (χ0) is 28.1. The highest BCUT2D eigenvalue weighted by atomic mass is 16.5. The molecule has 0 saturated carbocycles. The molecule has 0 N–H and O–H groups in total. The number of carbonyl (C=O) groups excluding carboxylic acids is 2. The van der Waals surface area contributed by atoms with Crippen LogP contribution in [0, 0.1) is 6.92 Å². The first-order chi connectivity index (χ1) is 18.7. The maximum absolute atomic E-state index is 13.9. The number of unbranched alkanes of at least 4 members (excludes halogenated alkanes) is 2. The van der Waals surface area contributed by atoms with Crippen LogP contribution in [0.4, 0.5) is 10.5 Å². The van der Waals surface area contributed by atoms with Gasteiger partial charge in [-0.25, -0.2) is 4.79 Å². The van der Waals surface area contributed by atoms with Gasteiger partial charge < -0.3 is 23.8 Å². The Balaban J connectivity index is 1.58. The average Bonchev–Trinajstić information content (AvgIpc) is 3.24. The summed E-state index contributed by atoms with van der Waals surface area (Å²) < 4.78 is 13.6. The summed E-state index contributed by atoms with van der Waals surface area (Å²) in [4.78, 5) is 31.7. The van der Waals surface area contributed by atoms with Crippen molar-refractivity contribution in [3.8, 4) is 11.5 Å². The van der Waals surface area contributed by atoms with Gasteiger partial charge in [0.25, 0.3) is 0 Å². The Morgan fingerprint density at radius 1 is 1.13 bits per heavy atom. The van der Waals surface area contributed by atoms with Crippen LogP contribution in [-0.2, 0) is 17.9 Å². The number of likely N-dealkylation sites (N-methyl/N-ethyl adjacent to an activating group) is 1. The van der Waals surface area contributed by atoms with Crippen molar-refractivity contribution >= 4 is 28.5 Å². The number of urea groups is 1. The highest BCUT2D eigenvalue weighted by Gasteiger charge is 2.32. The van der Waals surface area contributed by atoms with E-state index in [-0.39, 0.29) is 24.5 Å². The van der Waals surface area contributed by atoms with Crippen LogP contribution in [-0.4, -0.2) is 66.7 Å². The number of rotatable bonds is 11. The van der Waals surface area contributed by atoms with Crippen LogP contribution < -0.4 is 14.4 Å². The van der Waals surface area contributed by atoms with Crippen molar-refractivity contribution in [1.82, 2.24) is 14.4 Å². The molecule has 4 rings (SSSR count). The Morgan fingerprint density at radius 3 is 2.64 bits per heavy atom. The Bertz CT molecular complexity index is 1320. The molecule has 39 heavy (non-hydrogen) atoms. The van der Waals surface area contributed by atoms with E-state index in [4.69, 9.17) is 9.47 Å². The third kappa shape index (κ3) is 6.15. The SMILES string of the molecule is CCCCCOc1cc(N2CC[C@H](C)N(Cc3cccc4c3c(C)cn4CC(=O)N(C)C)C2=O)ccc1OC. The number of carbonyl (C=O) groups is 2. The topological polar surface area (TPSA) is 67.2 Å². The minimum Gasteiger partial charge on any atom is -0.493 e. The molecule has 210 valence electrons. The second kappa shape index (κ2) is 12.5. The maximum Gasteiger partial charge on any atom is 0.325 e. The van der Waals surface area contributed by atoms with Crippen LogP contribution in [0.15, 0.2) is 42.6 Å². The molecule has 3 aromatic rings. The first kappa shape index (κ1) is 28.3. The minimum absolute atomic E-state index is 0.0206. The first-order valence-electron chi connectivity index (χ1n) is 13.9. The summed E-state index contributed by atoms with van der Waals surface area (Å²) in [6.45, 7) is 8.39. The predicted molar refractivity (Wildman–Crippen MR) is 156 cm³/mol. The van der Waals surface area contributed by atoms with E-state index in [1.165, 1.54) is 0 Å². The number of benzene rings is 2. The third-order valence-corrected chi connectivity index (χ3v) is 7.57. The van der Waals surface area contributed by atoms with Crippen molar-refractivity contribution in [2.75, 3.05) is 39.3 Å². The van der Waals surface area contributed by atoms with Gasteiger partial charge in [0, 0.05) is 62.1 Å². The fourth-order valence-corrected chi connectivity index (χ4v) is 5.24. The van der Waals surface area contributed by atoms with Crippen LogP contribution in [0.25, 0.3) is 10.9 Å². The van der Waals surface area contributed by atoms with Gasteiger partial charge in [0.2, 0.25) is 5.91 Å². The molecule has 8 heteroatoms. The fraction of sp³-hybridized carbons (Fsp3) is 0.484. The zero-order valence-corrected chi connectivity index (χ0v) is 24.2. The predicted octanol–water partition coefficient (Wildman–Crippen LogP) is 5.84. The highest BCUT2D eigenvalue weighted by Crippen LogP contribution is 2.35. The molecule has 1 saturated heterocycles. The van der Waals surface area contributed by atoms with E-state index in [1.807, 2.05) is 50.9 Å². The molecule has 0 spiro atoms. The van der Waals surface area contributed by atoms with Crippen LogP contribution in [0.1, 0.15) is 50.7 Å². The number of methoxy groups -OCH3 is 1. The number of amides is 3. The molecule has 0 radical (unpaired) electrons. The van der Waals surface area contributed by atoms with E-state index in [1.54, 1.807) is 26.1 Å². The summed E-state index contributed by atoms with van der Waals surface area (Å²) in [5.41, 5.74) is 4.00. The summed E-state index contributed by atoms with van der Waals surface area (Å²) in [7, 11) is 5.17. The molecule has 1 fully saturated rings. The monoisotopic (exact) mass is 534 g/mol. The minimum atomic E-state index is -0.0206.